The van der Waals surface area contributed by atoms with E-state index in [0.717, 1.165) is 0 Å². The van der Waals surface area contributed by atoms with Gasteiger partial charge in [-0.15, -0.1) is 3.89 Å². The minimum Gasteiger partial charge on any atom is -0.491 e. The van der Waals surface area contributed by atoms with Crippen molar-refractivity contribution in [3.63, 3.8) is 0 Å². The van der Waals surface area contributed by atoms with Gasteiger partial charge in [-0.1, -0.05) is 18.2 Å². The number of nitro groups is 1. The molecule has 0 saturated heterocycles. The molecule has 0 aromatic heterocycles. The van der Waals surface area contributed by atoms with Crippen LogP contribution in [-0.4, -0.2) is 19.4 Å². The number of halogens is 2. The van der Waals surface area contributed by atoms with E-state index in [-0.39, 0.29) is 12.6 Å². The summed E-state index contributed by atoms with van der Waals surface area (Å²) in [6.07, 6.45) is -0.115. The molecule has 0 aliphatic rings. The van der Waals surface area contributed by atoms with Crippen LogP contribution in [0.15, 0.2) is 41.3 Å². The molecular weight excluding hydrogens is 370 g/mol. The molecule has 2 aromatic carbocycles. The van der Waals surface area contributed by atoms with Crippen LogP contribution in [0.4, 0.5) is 19.7 Å². The van der Waals surface area contributed by atoms with E-state index in [1.165, 1.54) is 0 Å². The van der Waals surface area contributed by atoms with Gasteiger partial charge in [0.1, 0.15) is 16.3 Å². The Morgan fingerprint density at radius 2 is 1.92 bits per heavy atom. The molecular formula is C16H16F2N2O5S. The van der Waals surface area contributed by atoms with E-state index in [1.807, 2.05) is 13.8 Å². The third-order valence-corrected chi connectivity index (χ3v) is 4.11. The van der Waals surface area contributed by atoms with Crippen molar-refractivity contribution in [2.45, 2.75) is 31.4 Å². The Labute approximate surface area is 149 Å². The zero-order valence-electron chi connectivity index (χ0n) is 13.9. The number of rotatable bonds is 7. The molecule has 0 heterocycles. The van der Waals surface area contributed by atoms with E-state index in [9.17, 15) is 26.8 Å². The van der Waals surface area contributed by atoms with Gasteiger partial charge in [-0.05, 0) is 26.0 Å². The molecule has 1 N–H and O–H groups in total. The largest absolute Gasteiger partial charge is 0.491 e. The van der Waals surface area contributed by atoms with Crippen molar-refractivity contribution in [1.29, 1.82) is 0 Å². The van der Waals surface area contributed by atoms with Crippen molar-refractivity contribution in [2.75, 3.05) is 5.32 Å². The lowest BCUT2D eigenvalue weighted by Gasteiger charge is -2.15. The number of nitro benzene ring substituents is 1. The second-order valence-electron chi connectivity index (χ2n) is 5.62. The zero-order chi connectivity index (χ0) is 19.5. The van der Waals surface area contributed by atoms with Crippen molar-refractivity contribution in [1.82, 2.24) is 0 Å². The van der Waals surface area contributed by atoms with Crippen LogP contribution >= 0.6 is 0 Å². The van der Waals surface area contributed by atoms with E-state index in [4.69, 9.17) is 4.74 Å². The lowest BCUT2D eigenvalue weighted by Crippen LogP contribution is -2.10. The van der Waals surface area contributed by atoms with Crippen molar-refractivity contribution < 1.29 is 26.4 Å². The van der Waals surface area contributed by atoms with E-state index in [1.54, 1.807) is 24.3 Å². The average Bonchev–Trinajstić information content (AvgIpc) is 2.52. The van der Waals surface area contributed by atoms with E-state index in [0.29, 0.717) is 23.4 Å². The van der Waals surface area contributed by atoms with Gasteiger partial charge in [0.15, 0.2) is 5.82 Å². The highest BCUT2D eigenvalue weighted by Crippen LogP contribution is 2.32. The van der Waals surface area contributed by atoms with Crippen LogP contribution in [0.5, 0.6) is 5.75 Å². The van der Waals surface area contributed by atoms with Gasteiger partial charge in [0.2, 0.25) is 0 Å². The summed E-state index contributed by atoms with van der Waals surface area (Å²) in [5.41, 5.74) is -0.817. The SMILES string of the molecule is CC(C)Oc1ccccc1CNc1c(F)cc(S(=O)(=O)F)cc1[N+](=O)[O-]. The first-order chi connectivity index (χ1) is 12.1. The molecule has 140 valence electrons. The predicted octanol–water partition coefficient (Wildman–Crippen LogP) is 3.79. The van der Waals surface area contributed by atoms with Gasteiger partial charge < -0.3 is 10.1 Å². The molecule has 0 fully saturated rings. The van der Waals surface area contributed by atoms with Gasteiger partial charge in [0.25, 0.3) is 5.69 Å². The van der Waals surface area contributed by atoms with Crippen LogP contribution in [0, 0.1) is 15.9 Å². The van der Waals surface area contributed by atoms with E-state index < -0.39 is 37.2 Å². The van der Waals surface area contributed by atoms with Crippen LogP contribution in [0.25, 0.3) is 0 Å². The maximum absolute atomic E-state index is 14.2. The first-order valence-corrected chi connectivity index (χ1v) is 8.89. The molecule has 2 aromatic rings. The molecule has 0 aliphatic carbocycles. The minimum atomic E-state index is -5.28. The summed E-state index contributed by atoms with van der Waals surface area (Å²) >= 11 is 0. The van der Waals surface area contributed by atoms with Crippen LogP contribution in [0.1, 0.15) is 19.4 Å². The summed E-state index contributed by atoms with van der Waals surface area (Å²) in [6.45, 7) is 3.62. The van der Waals surface area contributed by atoms with Crippen molar-refractivity contribution in [3.8, 4) is 5.75 Å². The summed E-state index contributed by atoms with van der Waals surface area (Å²) in [7, 11) is -5.28. The summed E-state index contributed by atoms with van der Waals surface area (Å²) in [5, 5.41) is 13.7. The molecule has 0 bridgehead atoms. The second kappa shape index (κ2) is 7.65. The number of benzene rings is 2. The smallest absolute Gasteiger partial charge is 0.332 e. The number of nitrogens with zero attached hydrogens (tertiary/aromatic N) is 1. The molecule has 7 nitrogen and oxygen atoms in total. The predicted molar refractivity (Wildman–Crippen MR) is 90.9 cm³/mol. The molecule has 0 spiro atoms. The van der Waals surface area contributed by atoms with Crippen molar-refractivity contribution in [2.24, 2.45) is 0 Å². The molecule has 2 rings (SSSR count). The summed E-state index contributed by atoms with van der Waals surface area (Å²) in [6, 6.07) is 7.70. The van der Waals surface area contributed by atoms with E-state index >= 15 is 0 Å². The van der Waals surface area contributed by atoms with Gasteiger partial charge in [-0.3, -0.25) is 10.1 Å². The molecule has 0 atom stereocenters. The normalized spacial score (nSPS) is 11.4. The number of nitrogens with one attached hydrogen (secondary N) is 1. The number of anilines is 1. The lowest BCUT2D eigenvalue weighted by molar-refractivity contribution is -0.384. The fourth-order valence-electron chi connectivity index (χ4n) is 2.23. The standard InChI is InChI=1S/C16H16F2N2O5S/c1-10(2)25-15-6-4-3-5-11(15)9-19-16-13(17)7-12(26(18,23)24)8-14(16)20(21)22/h3-8,10,19H,9H2,1-2H3. The minimum absolute atomic E-state index is 0.0254. The highest BCUT2D eigenvalue weighted by Gasteiger charge is 2.25. The summed E-state index contributed by atoms with van der Waals surface area (Å²) in [5.74, 6) is -0.737. The molecule has 26 heavy (non-hydrogen) atoms. The quantitative estimate of drug-likeness (QED) is 0.442. The Kier molecular flexibility index (Phi) is 5.76. The molecule has 0 amide bonds. The Morgan fingerprint density at radius 1 is 1.27 bits per heavy atom. The van der Waals surface area contributed by atoms with Gasteiger partial charge in [-0.25, -0.2) is 4.39 Å². The van der Waals surface area contributed by atoms with Crippen molar-refractivity contribution in [3.05, 3.63) is 57.9 Å². The van der Waals surface area contributed by atoms with Crippen LogP contribution < -0.4 is 10.1 Å². The van der Waals surface area contributed by atoms with Crippen LogP contribution in [-0.2, 0) is 16.8 Å². The van der Waals surface area contributed by atoms with Gasteiger partial charge >= 0.3 is 10.2 Å². The van der Waals surface area contributed by atoms with Gasteiger partial charge in [0, 0.05) is 18.2 Å². The fraction of sp³-hybridized carbons (Fsp3) is 0.250. The molecule has 0 unspecified atom stereocenters. The maximum atomic E-state index is 14.2. The average molecular weight is 386 g/mol. The third kappa shape index (κ3) is 4.66. The summed E-state index contributed by atoms with van der Waals surface area (Å²) in [4.78, 5) is 9.03. The lowest BCUT2D eigenvalue weighted by atomic mass is 10.2. The van der Waals surface area contributed by atoms with Crippen molar-refractivity contribution >= 4 is 21.6 Å². The van der Waals surface area contributed by atoms with Gasteiger partial charge in [0.05, 0.1) is 11.0 Å². The third-order valence-electron chi connectivity index (χ3n) is 3.31. The molecule has 0 radical (unpaired) electrons. The fourth-order valence-corrected chi connectivity index (χ4v) is 2.73. The Morgan fingerprint density at radius 3 is 2.50 bits per heavy atom. The Hall–Kier alpha value is -2.75. The monoisotopic (exact) mass is 386 g/mol. The molecule has 10 heteroatoms. The zero-order valence-corrected chi connectivity index (χ0v) is 14.7. The van der Waals surface area contributed by atoms with Gasteiger partial charge in [-0.2, -0.15) is 8.42 Å². The maximum Gasteiger partial charge on any atom is 0.332 e. The van der Waals surface area contributed by atoms with Crippen LogP contribution in [0.2, 0.25) is 0 Å². The second-order valence-corrected chi connectivity index (χ2v) is 6.97. The van der Waals surface area contributed by atoms with E-state index in [2.05, 4.69) is 5.32 Å². The molecule has 0 aliphatic heterocycles. The number of hydrogen-bond acceptors (Lipinski definition) is 6. The highest BCUT2D eigenvalue weighted by molar-refractivity contribution is 7.86. The number of para-hydroxylation sites is 1. The first kappa shape index (κ1) is 19.6. The Bertz CT molecular complexity index is 932. The molecule has 0 saturated carbocycles. The number of ether oxygens (including phenoxy) is 1. The number of hydrogen-bond donors (Lipinski definition) is 1. The highest BCUT2D eigenvalue weighted by atomic mass is 32.3. The topological polar surface area (TPSA) is 98.5 Å². The Balaban J connectivity index is 2.38. The first-order valence-electron chi connectivity index (χ1n) is 7.50. The van der Waals surface area contributed by atoms with Crippen LogP contribution in [0.3, 0.4) is 0 Å². The summed E-state index contributed by atoms with van der Waals surface area (Å²) < 4.78 is 54.7.